The van der Waals surface area contributed by atoms with Crippen molar-refractivity contribution in [1.82, 2.24) is 4.90 Å². The number of rotatable bonds is 2. The van der Waals surface area contributed by atoms with E-state index in [0.29, 0.717) is 11.3 Å². The lowest BCUT2D eigenvalue weighted by Crippen LogP contribution is -2.60. The summed E-state index contributed by atoms with van der Waals surface area (Å²) in [6, 6.07) is 0. The molecule has 1 amide bonds. The van der Waals surface area contributed by atoms with Gasteiger partial charge in [0.1, 0.15) is 0 Å². The van der Waals surface area contributed by atoms with E-state index in [1.54, 1.807) is 0 Å². The molecule has 0 aromatic heterocycles. The molecule has 10 heteroatoms. The number of carboxylic acid groups (broad SMARTS) is 1. The Morgan fingerprint density at radius 2 is 2.11 bits per heavy atom. The van der Waals surface area contributed by atoms with E-state index >= 15 is 0 Å². The predicted octanol–water partition coefficient (Wildman–Crippen LogP) is 1.51. The van der Waals surface area contributed by atoms with Crippen molar-refractivity contribution in [3.63, 3.8) is 0 Å². The van der Waals surface area contributed by atoms with Crippen LogP contribution >= 0.6 is 0 Å². The van der Waals surface area contributed by atoms with Crippen LogP contribution in [0, 0.1) is 5.92 Å². The third kappa shape index (κ3) is 2.29. The molecule has 0 aromatic carbocycles. The van der Waals surface area contributed by atoms with Gasteiger partial charge in [-0.1, -0.05) is 6.08 Å². The van der Waals surface area contributed by atoms with Gasteiger partial charge in [-0.05, 0) is 18.4 Å². The molecule has 0 spiro atoms. The van der Waals surface area contributed by atoms with E-state index in [1.807, 2.05) is 0 Å². The van der Waals surface area contributed by atoms with Gasteiger partial charge in [-0.15, -0.1) is 0 Å². The number of alkyl halides is 3. The summed E-state index contributed by atoms with van der Waals surface area (Å²) in [5, 5.41) is 8.96. The van der Waals surface area contributed by atoms with E-state index in [4.69, 9.17) is 5.11 Å². The molecule has 19 heavy (non-hydrogen) atoms. The minimum atomic E-state index is -5.87. The second kappa shape index (κ2) is 4.10. The first-order valence-corrected chi connectivity index (χ1v) is 6.70. The Labute approximate surface area is 106 Å². The van der Waals surface area contributed by atoms with Crippen LogP contribution in [0.3, 0.4) is 0 Å². The molecule has 2 atom stereocenters. The highest BCUT2D eigenvalue weighted by Crippen LogP contribution is 2.42. The number of fused-ring (bicyclic) bond motifs is 2. The molecule has 0 radical (unpaired) electrons. The summed E-state index contributed by atoms with van der Waals surface area (Å²) in [7, 11) is -5.87. The largest absolute Gasteiger partial charge is 0.523 e. The smallest absolute Gasteiger partial charge is 0.465 e. The van der Waals surface area contributed by atoms with E-state index in [2.05, 4.69) is 4.18 Å². The molecule has 1 aliphatic carbocycles. The molecule has 1 fully saturated rings. The molecule has 2 unspecified atom stereocenters. The number of piperidine rings is 1. The molecule has 108 valence electrons. The fourth-order valence-electron chi connectivity index (χ4n) is 2.22. The van der Waals surface area contributed by atoms with Crippen LogP contribution < -0.4 is 0 Å². The van der Waals surface area contributed by atoms with Crippen LogP contribution in [0.25, 0.3) is 0 Å². The lowest BCUT2D eigenvalue weighted by Gasteiger charge is -2.47. The van der Waals surface area contributed by atoms with Gasteiger partial charge >= 0.3 is 21.7 Å². The number of halogens is 3. The van der Waals surface area contributed by atoms with E-state index < -0.39 is 27.4 Å². The van der Waals surface area contributed by atoms with Crippen molar-refractivity contribution < 1.29 is 35.7 Å². The van der Waals surface area contributed by atoms with Gasteiger partial charge in [0.25, 0.3) is 0 Å². The highest BCUT2D eigenvalue weighted by molar-refractivity contribution is 7.87. The van der Waals surface area contributed by atoms with Crippen molar-refractivity contribution >= 4 is 16.2 Å². The zero-order chi connectivity index (χ0) is 14.5. The lowest BCUT2D eigenvalue weighted by atomic mass is 9.84. The van der Waals surface area contributed by atoms with Crippen LogP contribution in [0.5, 0.6) is 0 Å². The maximum Gasteiger partial charge on any atom is 0.523 e. The topological polar surface area (TPSA) is 83.9 Å². The third-order valence-corrected chi connectivity index (χ3v) is 4.22. The maximum atomic E-state index is 12.3. The molecule has 0 saturated carbocycles. The van der Waals surface area contributed by atoms with Gasteiger partial charge in [0.15, 0.2) is 5.72 Å². The van der Waals surface area contributed by atoms with Crippen molar-refractivity contribution in [1.29, 1.82) is 0 Å². The van der Waals surface area contributed by atoms with Crippen LogP contribution in [0.15, 0.2) is 12.2 Å². The van der Waals surface area contributed by atoms with Gasteiger partial charge in [-0.25, -0.2) is 8.98 Å². The molecule has 6 nitrogen and oxygen atoms in total. The highest BCUT2D eigenvalue weighted by Gasteiger charge is 2.56. The van der Waals surface area contributed by atoms with Gasteiger partial charge in [0.2, 0.25) is 0 Å². The monoisotopic (exact) mass is 301 g/mol. The Morgan fingerprint density at radius 3 is 2.53 bits per heavy atom. The fraction of sp³-hybridized carbons (Fsp3) is 0.667. The Bertz CT molecular complexity index is 528. The Hall–Kier alpha value is -1.29. The average molecular weight is 301 g/mol. The summed E-state index contributed by atoms with van der Waals surface area (Å²) < 4.78 is 63.3. The molecular formula is C9H10F3NO5S. The molecule has 1 N–H and O–H groups in total. The fourth-order valence-corrected chi connectivity index (χ4v) is 2.92. The molecule has 1 saturated heterocycles. The average Bonchev–Trinajstić information content (AvgIpc) is 2.27. The molecule has 2 aliphatic heterocycles. The predicted molar refractivity (Wildman–Crippen MR) is 55.4 cm³/mol. The molecular weight excluding hydrogens is 291 g/mol. The maximum absolute atomic E-state index is 12.3. The standard InChI is InChI=1S/C9H10F3NO5S/c10-9(11,12)19(16,17)18-8-3-1-6(2-4-8)5-13(8)7(14)15/h1,3,6H,2,4-5H2,(H,14,15). The molecule has 3 aliphatic rings. The number of nitrogens with zero attached hydrogens (tertiary/aromatic N) is 1. The zero-order valence-corrected chi connectivity index (χ0v) is 10.2. The van der Waals surface area contributed by atoms with E-state index in [0.717, 1.165) is 6.08 Å². The van der Waals surface area contributed by atoms with Crippen molar-refractivity contribution in [3.05, 3.63) is 12.2 Å². The summed E-state index contributed by atoms with van der Waals surface area (Å²) in [6.07, 6.45) is 1.27. The summed E-state index contributed by atoms with van der Waals surface area (Å²) >= 11 is 0. The van der Waals surface area contributed by atoms with Crippen LogP contribution in [-0.4, -0.2) is 42.3 Å². The minimum absolute atomic E-state index is 0.0841. The Kier molecular flexibility index (Phi) is 3.05. The Balaban J connectivity index is 2.38. The summed E-state index contributed by atoms with van der Waals surface area (Å²) in [5.74, 6) is -0.129. The van der Waals surface area contributed by atoms with E-state index in [-0.39, 0.29) is 18.9 Å². The number of carbonyl (C=O) groups is 1. The quantitative estimate of drug-likeness (QED) is 0.475. The Morgan fingerprint density at radius 1 is 1.47 bits per heavy atom. The molecule has 2 bridgehead atoms. The molecule has 2 heterocycles. The SMILES string of the molecule is O=C(O)N1CC2C=CC1(OS(=O)(=O)C(F)(F)F)CC2. The van der Waals surface area contributed by atoms with Gasteiger partial charge < -0.3 is 5.11 Å². The third-order valence-electron chi connectivity index (χ3n) is 3.14. The van der Waals surface area contributed by atoms with Crippen molar-refractivity contribution in [2.75, 3.05) is 6.54 Å². The lowest BCUT2D eigenvalue weighted by molar-refractivity contribution is -0.101. The second-order valence-corrected chi connectivity index (χ2v) is 5.92. The number of hydrogen-bond donors (Lipinski definition) is 1. The van der Waals surface area contributed by atoms with Gasteiger partial charge in [0, 0.05) is 13.0 Å². The van der Waals surface area contributed by atoms with Gasteiger partial charge in [-0.3, -0.25) is 4.90 Å². The van der Waals surface area contributed by atoms with Crippen LogP contribution in [0.4, 0.5) is 18.0 Å². The van der Waals surface area contributed by atoms with E-state index in [9.17, 15) is 26.4 Å². The molecule has 3 rings (SSSR count). The zero-order valence-electron chi connectivity index (χ0n) is 9.42. The second-order valence-electron chi connectivity index (χ2n) is 4.38. The first-order valence-electron chi connectivity index (χ1n) is 5.29. The normalized spacial score (nSPS) is 30.7. The van der Waals surface area contributed by atoms with Crippen molar-refractivity contribution in [2.24, 2.45) is 5.92 Å². The summed E-state index contributed by atoms with van der Waals surface area (Å²) in [5.41, 5.74) is -7.68. The summed E-state index contributed by atoms with van der Waals surface area (Å²) in [6.45, 7) is -0.0841. The first-order chi connectivity index (χ1) is 8.57. The number of amides is 1. The van der Waals surface area contributed by atoms with Gasteiger partial charge in [-0.2, -0.15) is 21.6 Å². The number of hydrogen-bond acceptors (Lipinski definition) is 4. The van der Waals surface area contributed by atoms with Gasteiger partial charge in [0.05, 0.1) is 0 Å². The van der Waals surface area contributed by atoms with E-state index in [1.165, 1.54) is 6.08 Å². The first kappa shape index (κ1) is 14.1. The van der Waals surface area contributed by atoms with Crippen LogP contribution in [0.2, 0.25) is 0 Å². The van der Waals surface area contributed by atoms with Crippen LogP contribution in [0.1, 0.15) is 12.8 Å². The van der Waals surface area contributed by atoms with Crippen LogP contribution in [-0.2, 0) is 14.3 Å². The van der Waals surface area contributed by atoms with Crippen molar-refractivity contribution in [2.45, 2.75) is 24.1 Å². The molecule has 0 aromatic rings. The summed E-state index contributed by atoms with van der Waals surface area (Å²) in [4.78, 5) is 11.6. The van der Waals surface area contributed by atoms with Crippen molar-refractivity contribution in [3.8, 4) is 0 Å². The minimum Gasteiger partial charge on any atom is -0.465 e. The highest BCUT2D eigenvalue weighted by atomic mass is 32.2.